The first kappa shape index (κ1) is 16.4. The smallest absolute Gasteiger partial charge is 0.141 e. The molecule has 0 aliphatic carbocycles. The summed E-state index contributed by atoms with van der Waals surface area (Å²) in [6.45, 7) is 8.21. The van der Waals surface area contributed by atoms with E-state index in [1.54, 1.807) is 0 Å². The van der Waals surface area contributed by atoms with Gasteiger partial charge in [-0.1, -0.05) is 41.9 Å². The van der Waals surface area contributed by atoms with Crippen molar-refractivity contribution < 1.29 is 4.52 Å². The first-order chi connectivity index (χ1) is 11.6. The van der Waals surface area contributed by atoms with Crippen molar-refractivity contribution in [2.75, 3.05) is 0 Å². The summed E-state index contributed by atoms with van der Waals surface area (Å²) in [5.41, 5.74) is 8.25. The number of aryl methyl sites for hydroxylation is 6. The largest absolute Gasteiger partial charge is 0.361 e. The van der Waals surface area contributed by atoms with Gasteiger partial charge in [-0.3, -0.25) is 4.98 Å². The second-order valence-corrected chi connectivity index (χ2v) is 6.37. The summed E-state index contributed by atoms with van der Waals surface area (Å²) in [5.74, 6) is 0.850. The first-order valence-electron chi connectivity index (χ1n) is 8.55. The lowest BCUT2D eigenvalue weighted by Gasteiger charge is -2.10. The third-order valence-corrected chi connectivity index (χ3v) is 4.52. The van der Waals surface area contributed by atoms with Crippen molar-refractivity contribution in [2.45, 2.75) is 47.0 Å². The van der Waals surface area contributed by atoms with Crippen LogP contribution in [0, 0.1) is 20.8 Å². The van der Waals surface area contributed by atoms with Crippen LogP contribution in [0.4, 0.5) is 0 Å². The fourth-order valence-corrected chi connectivity index (χ4v) is 3.14. The van der Waals surface area contributed by atoms with Crippen molar-refractivity contribution in [3.05, 3.63) is 70.4 Å². The van der Waals surface area contributed by atoms with E-state index in [1.165, 1.54) is 22.4 Å². The van der Waals surface area contributed by atoms with E-state index in [9.17, 15) is 0 Å². The predicted octanol–water partition coefficient (Wildman–Crippen LogP) is 5.01. The number of rotatable bonds is 5. The predicted molar refractivity (Wildman–Crippen MR) is 97.2 cm³/mol. The van der Waals surface area contributed by atoms with Gasteiger partial charge in [0.15, 0.2) is 0 Å². The molecule has 0 bridgehead atoms. The summed E-state index contributed by atoms with van der Waals surface area (Å²) < 4.78 is 5.31. The molecule has 3 aromatic rings. The lowest BCUT2D eigenvalue weighted by atomic mass is 9.97. The molecule has 24 heavy (non-hydrogen) atoms. The second kappa shape index (κ2) is 7.00. The highest BCUT2D eigenvalue weighted by atomic mass is 16.5. The molecule has 3 rings (SSSR count). The van der Waals surface area contributed by atoms with Gasteiger partial charge in [0.1, 0.15) is 5.76 Å². The zero-order valence-corrected chi connectivity index (χ0v) is 14.9. The lowest BCUT2D eigenvalue weighted by Crippen LogP contribution is -2.00. The minimum atomic E-state index is 0.850. The van der Waals surface area contributed by atoms with E-state index in [1.807, 2.05) is 20.0 Å². The van der Waals surface area contributed by atoms with Gasteiger partial charge in [-0.25, -0.2) is 0 Å². The molecule has 1 aromatic carbocycles. The molecule has 0 saturated carbocycles. The number of hydrogen-bond donors (Lipinski definition) is 0. The summed E-state index contributed by atoms with van der Waals surface area (Å²) in [7, 11) is 0. The van der Waals surface area contributed by atoms with Crippen molar-refractivity contribution >= 4 is 0 Å². The van der Waals surface area contributed by atoms with E-state index in [2.05, 4.69) is 49.3 Å². The van der Waals surface area contributed by atoms with Crippen LogP contribution in [0.25, 0.3) is 11.1 Å². The van der Waals surface area contributed by atoms with Gasteiger partial charge >= 0.3 is 0 Å². The van der Waals surface area contributed by atoms with Gasteiger partial charge in [0.05, 0.1) is 5.69 Å². The van der Waals surface area contributed by atoms with E-state index in [0.29, 0.717) is 0 Å². The van der Waals surface area contributed by atoms with E-state index in [-0.39, 0.29) is 0 Å². The minimum Gasteiger partial charge on any atom is -0.361 e. The van der Waals surface area contributed by atoms with Gasteiger partial charge in [0.25, 0.3) is 0 Å². The second-order valence-electron chi connectivity index (χ2n) is 6.37. The molecule has 2 aromatic heterocycles. The standard InChI is InChI=1S/C21H24N2O/c1-5-20-18(11-10-17-8-6-14(2)7-9-17)12-19(13-22-20)21-15(3)23-24-16(21)4/h6-9,12-13H,5,10-11H2,1-4H3. The maximum atomic E-state index is 5.31. The molecule has 3 nitrogen and oxygen atoms in total. The van der Waals surface area contributed by atoms with Gasteiger partial charge in [-0.05, 0) is 57.2 Å². The average Bonchev–Trinajstić information content (AvgIpc) is 2.93. The number of nitrogens with zero attached hydrogens (tertiary/aromatic N) is 2. The molecule has 2 heterocycles. The van der Waals surface area contributed by atoms with Crippen molar-refractivity contribution in [3.63, 3.8) is 0 Å². The lowest BCUT2D eigenvalue weighted by molar-refractivity contribution is 0.393. The molecule has 0 unspecified atom stereocenters. The Morgan fingerprint density at radius 3 is 2.38 bits per heavy atom. The Kier molecular flexibility index (Phi) is 4.79. The molecule has 0 amide bonds. The van der Waals surface area contributed by atoms with Gasteiger partial charge in [0, 0.05) is 23.0 Å². The summed E-state index contributed by atoms with van der Waals surface area (Å²) in [6, 6.07) is 11.0. The third-order valence-electron chi connectivity index (χ3n) is 4.52. The molecule has 3 heteroatoms. The maximum absolute atomic E-state index is 5.31. The van der Waals surface area contributed by atoms with Gasteiger partial charge in [0.2, 0.25) is 0 Å². The highest BCUT2D eigenvalue weighted by Crippen LogP contribution is 2.28. The topological polar surface area (TPSA) is 38.9 Å². The highest BCUT2D eigenvalue weighted by molar-refractivity contribution is 5.67. The van der Waals surface area contributed by atoms with Crippen LogP contribution < -0.4 is 0 Å². The molecule has 0 radical (unpaired) electrons. The third kappa shape index (κ3) is 3.40. The summed E-state index contributed by atoms with van der Waals surface area (Å²) in [4.78, 5) is 4.69. The van der Waals surface area contributed by atoms with Crippen LogP contribution in [-0.4, -0.2) is 10.1 Å². The Bertz CT molecular complexity index is 812. The van der Waals surface area contributed by atoms with E-state index >= 15 is 0 Å². The Balaban J connectivity index is 1.88. The molecular formula is C21H24N2O. The average molecular weight is 320 g/mol. The summed E-state index contributed by atoms with van der Waals surface area (Å²) in [5, 5.41) is 4.06. The van der Waals surface area contributed by atoms with Crippen LogP contribution in [-0.2, 0) is 19.3 Å². The van der Waals surface area contributed by atoms with Crippen molar-refractivity contribution in [1.29, 1.82) is 0 Å². The Morgan fingerprint density at radius 1 is 1.00 bits per heavy atom. The first-order valence-corrected chi connectivity index (χ1v) is 8.55. The Labute approximate surface area is 143 Å². The summed E-state index contributed by atoms with van der Waals surface area (Å²) >= 11 is 0. The Morgan fingerprint density at radius 2 is 1.75 bits per heavy atom. The molecule has 124 valence electrons. The number of hydrogen-bond acceptors (Lipinski definition) is 3. The molecule has 0 atom stereocenters. The van der Waals surface area contributed by atoms with Crippen LogP contribution in [0.15, 0.2) is 41.1 Å². The van der Waals surface area contributed by atoms with Crippen LogP contribution in [0.2, 0.25) is 0 Å². The Hall–Kier alpha value is -2.42. The van der Waals surface area contributed by atoms with Gasteiger partial charge in [-0.15, -0.1) is 0 Å². The number of benzene rings is 1. The van der Waals surface area contributed by atoms with Gasteiger partial charge < -0.3 is 4.52 Å². The van der Waals surface area contributed by atoms with Crippen LogP contribution in [0.1, 0.15) is 40.8 Å². The highest BCUT2D eigenvalue weighted by Gasteiger charge is 2.14. The molecule has 0 aliphatic rings. The van der Waals surface area contributed by atoms with Crippen molar-refractivity contribution in [1.82, 2.24) is 10.1 Å². The molecule has 0 aliphatic heterocycles. The molecule has 0 spiro atoms. The van der Waals surface area contributed by atoms with E-state index < -0.39 is 0 Å². The van der Waals surface area contributed by atoms with Crippen molar-refractivity contribution in [2.24, 2.45) is 0 Å². The van der Waals surface area contributed by atoms with Crippen molar-refractivity contribution in [3.8, 4) is 11.1 Å². The van der Waals surface area contributed by atoms with E-state index in [0.717, 1.165) is 41.8 Å². The van der Waals surface area contributed by atoms with Gasteiger partial charge in [-0.2, -0.15) is 0 Å². The number of aromatic nitrogens is 2. The zero-order chi connectivity index (χ0) is 17.1. The van der Waals surface area contributed by atoms with Crippen LogP contribution >= 0.6 is 0 Å². The monoisotopic (exact) mass is 320 g/mol. The maximum Gasteiger partial charge on any atom is 0.141 e. The fraction of sp³-hybridized carbons (Fsp3) is 0.333. The van der Waals surface area contributed by atoms with Crippen LogP contribution in [0.5, 0.6) is 0 Å². The number of pyridine rings is 1. The molecule has 0 N–H and O–H groups in total. The van der Waals surface area contributed by atoms with Crippen LogP contribution in [0.3, 0.4) is 0 Å². The fourth-order valence-electron chi connectivity index (χ4n) is 3.14. The molecular weight excluding hydrogens is 296 g/mol. The quantitative estimate of drug-likeness (QED) is 0.663. The van der Waals surface area contributed by atoms with E-state index in [4.69, 9.17) is 9.51 Å². The zero-order valence-electron chi connectivity index (χ0n) is 14.9. The summed E-state index contributed by atoms with van der Waals surface area (Å²) in [6.07, 6.45) is 4.92. The normalized spacial score (nSPS) is 11.0. The minimum absolute atomic E-state index is 0.850. The molecule has 0 saturated heterocycles. The SMILES string of the molecule is CCc1ncc(-c2c(C)noc2C)cc1CCc1ccc(C)cc1. The molecule has 0 fully saturated rings.